The van der Waals surface area contributed by atoms with Gasteiger partial charge in [0.05, 0.1) is 17.1 Å². The summed E-state index contributed by atoms with van der Waals surface area (Å²) in [5, 5.41) is 4.28. The van der Waals surface area contributed by atoms with Crippen LogP contribution >= 0.6 is 0 Å². The lowest BCUT2D eigenvalue weighted by atomic mass is 10.1. The molecule has 13 nitrogen and oxygen atoms in total. The molecule has 2 N–H and O–H groups in total. The molecule has 0 radical (unpaired) electrons. The van der Waals surface area contributed by atoms with Crippen molar-refractivity contribution < 1.29 is 38.1 Å². The third-order valence-electron chi connectivity index (χ3n) is 4.07. The van der Waals surface area contributed by atoms with Gasteiger partial charge in [-0.1, -0.05) is 12.1 Å². The first-order valence-electron chi connectivity index (χ1n) is 10.00. The molecule has 0 saturated heterocycles. The Bertz CT molecular complexity index is 1140. The molecule has 2 aromatic rings. The molecule has 2 rings (SSSR count). The van der Waals surface area contributed by atoms with Gasteiger partial charge in [-0.05, 0) is 12.1 Å². The van der Waals surface area contributed by atoms with E-state index >= 15 is 0 Å². The topological polar surface area (TPSA) is 175 Å². The largest absolute Gasteiger partial charge is 0.462 e. The molecular weight excluding hydrogens is 452 g/mol. The van der Waals surface area contributed by atoms with Gasteiger partial charge < -0.3 is 18.9 Å². The highest BCUT2D eigenvalue weighted by Crippen LogP contribution is 2.15. The fourth-order valence-corrected chi connectivity index (χ4v) is 2.84. The minimum atomic E-state index is -1.42. The number of carbonyl (C=O) groups excluding carboxylic acids is 4. The zero-order valence-corrected chi connectivity index (χ0v) is 18.9. The van der Waals surface area contributed by atoms with E-state index in [9.17, 15) is 24.0 Å². The summed E-state index contributed by atoms with van der Waals surface area (Å²) in [6.45, 7) is 3.95. The maximum Gasteiger partial charge on any atom is 0.303 e. The second-order valence-electron chi connectivity index (χ2n) is 6.92. The molecule has 1 aromatic heterocycles. The van der Waals surface area contributed by atoms with E-state index in [2.05, 4.69) is 20.5 Å². The number of rotatable bonds is 10. The first-order valence-corrected chi connectivity index (χ1v) is 10.00. The van der Waals surface area contributed by atoms with Crippen molar-refractivity contribution in [1.29, 1.82) is 0 Å². The predicted octanol–water partition coefficient (Wildman–Crippen LogP) is 0.679. The minimum absolute atomic E-state index is 0.0120. The van der Waals surface area contributed by atoms with Gasteiger partial charge in [-0.2, -0.15) is 5.10 Å². The molecule has 34 heavy (non-hydrogen) atoms. The molecule has 3 unspecified atom stereocenters. The van der Waals surface area contributed by atoms with E-state index < -0.39 is 54.4 Å². The molecule has 0 fully saturated rings. The van der Waals surface area contributed by atoms with Crippen molar-refractivity contribution in [1.82, 2.24) is 9.97 Å². The van der Waals surface area contributed by atoms with Crippen LogP contribution in [0.1, 0.15) is 27.7 Å². The highest BCUT2D eigenvalue weighted by Gasteiger charge is 2.37. The summed E-state index contributed by atoms with van der Waals surface area (Å²) in [6.07, 6.45) is -3.06. The Morgan fingerprint density at radius 3 is 2.26 bits per heavy atom. The van der Waals surface area contributed by atoms with Crippen LogP contribution < -0.4 is 11.0 Å². The minimum Gasteiger partial charge on any atom is -0.462 e. The number of hydrogen-bond donors (Lipinski definition) is 2. The average Bonchev–Trinajstić information content (AvgIpc) is 2.74. The van der Waals surface area contributed by atoms with Crippen LogP contribution in [0.4, 0.5) is 5.95 Å². The number of benzene rings is 1. The second kappa shape index (κ2) is 12.1. The van der Waals surface area contributed by atoms with Gasteiger partial charge in [-0.3, -0.25) is 29.0 Å². The van der Waals surface area contributed by atoms with Crippen LogP contribution in [0.5, 0.6) is 0 Å². The summed E-state index contributed by atoms with van der Waals surface area (Å²) in [4.78, 5) is 65.1. The fourth-order valence-electron chi connectivity index (χ4n) is 2.84. The number of fused-ring (bicyclic) bond motifs is 1. The highest BCUT2D eigenvalue weighted by atomic mass is 16.6. The Labute approximate surface area is 193 Å². The molecule has 3 atom stereocenters. The molecule has 1 aromatic carbocycles. The molecular formula is C21H24N4O9. The summed E-state index contributed by atoms with van der Waals surface area (Å²) in [7, 11) is 0. The van der Waals surface area contributed by atoms with E-state index in [1.165, 1.54) is 0 Å². The van der Waals surface area contributed by atoms with Crippen LogP contribution in [-0.2, 0) is 38.1 Å². The Balaban J connectivity index is 2.34. The van der Waals surface area contributed by atoms with E-state index in [1.54, 1.807) is 24.3 Å². The van der Waals surface area contributed by atoms with Gasteiger partial charge in [0.25, 0.3) is 5.56 Å². The van der Waals surface area contributed by atoms with Crippen molar-refractivity contribution in [2.45, 2.75) is 46.0 Å². The van der Waals surface area contributed by atoms with Crippen LogP contribution in [0, 0.1) is 0 Å². The third-order valence-corrected chi connectivity index (χ3v) is 4.07. The van der Waals surface area contributed by atoms with Crippen LogP contribution in [-0.4, -0.2) is 65.0 Å². The van der Waals surface area contributed by atoms with Crippen molar-refractivity contribution in [2.24, 2.45) is 5.10 Å². The molecule has 0 aliphatic carbocycles. The maximum atomic E-state index is 12.2. The number of ether oxygens (including phenoxy) is 4. The number of aromatic amines is 1. The molecule has 182 valence electrons. The highest BCUT2D eigenvalue weighted by molar-refractivity contribution is 5.78. The number of nitrogens with zero attached hydrogens (tertiary/aromatic N) is 2. The van der Waals surface area contributed by atoms with Gasteiger partial charge >= 0.3 is 23.9 Å². The number of carbonyl (C=O) groups is 4. The third kappa shape index (κ3) is 8.00. The van der Waals surface area contributed by atoms with Crippen molar-refractivity contribution in [2.75, 3.05) is 12.0 Å². The molecule has 0 bridgehead atoms. The van der Waals surface area contributed by atoms with Gasteiger partial charge in [0, 0.05) is 27.7 Å². The normalized spacial score (nSPS) is 13.5. The van der Waals surface area contributed by atoms with Crippen molar-refractivity contribution in [3.8, 4) is 0 Å². The van der Waals surface area contributed by atoms with E-state index in [-0.39, 0.29) is 5.95 Å². The summed E-state index contributed by atoms with van der Waals surface area (Å²) >= 11 is 0. The Morgan fingerprint density at radius 1 is 1.00 bits per heavy atom. The summed E-state index contributed by atoms with van der Waals surface area (Å²) < 4.78 is 20.4. The number of anilines is 1. The lowest BCUT2D eigenvalue weighted by molar-refractivity contribution is -0.183. The van der Waals surface area contributed by atoms with Crippen LogP contribution in [0.3, 0.4) is 0 Å². The monoisotopic (exact) mass is 476 g/mol. The zero-order chi connectivity index (χ0) is 25.3. The van der Waals surface area contributed by atoms with Crippen LogP contribution in [0.15, 0.2) is 34.2 Å². The van der Waals surface area contributed by atoms with E-state index in [1.807, 2.05) is 0 Å². The Morgan fingerprint density at radius 2 is 1.65 bits per heavy atom. The first kappa shape index (κ1) is 26.0. The smallest absolute Gasteiger partial charge is 0.303 e. The lowest BCUT2D eigenvalue weighted by Crippen LogP contribution is -2.48. The second-order valence-corrected chi connectivity index (χ2v) is 6.92. The lowest BCUT2D eigenvalue weighted by Gasteiger charge is -2.29. The SMILES string of the molecule is CC(=O)OCC(OC(C)=O)C(OC(C)=O)C(C=NNc1nc2ccccc2c(=O)[nH]1)OC(C)=O. The maximum absolute atomic E-state index is 12.2. The van der Waals surface area contributed by atoms with Gasteiger partial charge in [-0.15, -0.1) is 0 Å². The van der Waals surface area contributed by atoms with E-state index in [0.717, 1.165) is 33.9 Å². The van der Waals surface area contributed by atoms with Gasteiger partial charge in [-0.25, -0.2) is 10.4 Å². The van der Waals surface area contributed by atoms with Gasteiger partial charge in [0.1, 0.15) is 6.61 Å². The van der Waals surface area contributed by atoms with Crippen LogP contribution in [0.25, 0.3) is 10.9 Å². The Kier molecular flexibility index (Phi) is 9.23. The summed E-state index contributed by atoms with van der Waals surface area (Å²) in [6, 6.07) is 6.64. The standard InChI is InChI=1S/C21H24N4O9/c1-11(26)31-10-18(33-13(3)28)19(34-14(4)29)17(32-12(2)27)9-22-25-21-23-16-8-6-5-7-15(16)20(30)24-21/h5-9,17-19H,10H2,1-4H3,(H2,23,24,25,30). The predicted molar refractivity (Wildman–Crippen MR) is 118 cm³/mol. The number of para-hydroxylation sites is 1. The first-order chi connectivity index (χ1) is 16.1. The van der Waals surface area contributed by atoms with Gasteiger partial charge in [0.2, 0.25) is 5.95 Å². The molecule has 13 heteroatoms. The number of hydrazone groups is 1. The molecule has 0 aliphatic rings. The van der Waals surface area contributed by atoms with Crippen molar-refractivity contribution >= 4 is 46.9 Å². The van der Waals surface area contributed by atoms with E-state index in [0.29, 0.717) is 10.9 Å². The van der Waals surface area contributed by atoms with Crippen molar-refractivity contribution in [3.63, 3.8) is 0 Å². The molecule has 0 aliphatic heterocycles. The quantitative estimate of drug-likeness (QED) is 0.213. The van der Waals surface area contributed by atoms with Crippen molar-refractivity contribution in [3.05, 3.63) is 34.6 Å². The molecule has 1 heterocycles. The molecule has 0 saturated carbocycles. The fraction of sp³-hybridized carbons (Fsp3) is 0.381. The number of nitrogens with one attached hydrogen (secondary N) is 2. The molecule has 0 spiro atoms. The van der Waals surface area contributed by atoms with Crippen LogP contribution in [0.2, 0.25) is 0 Å². The van der Waals surface area contributed by atoms with Gasteiger partial charge in [0.15, 0.2) is 18.3 Å². The number of hydrogen-bond acceptors (Lipinski definition) is 12. The molecule has 0 amide bonds. The number of aromatic nitrogens is 2. The number of esters is 4. The van der Waals surface area contributed by atoms with E-state index in [4.69, 9.17) is 18.9 Å². The summed E-state index contributed by atoms with van der Waals surface area (Å²) in [5.41, 5.74) is 2.50. The number of H-pyrrole nitrogens is 1. The summed E-state index contributed by atoms with van der Waals surface area (Å²) in [5.74, 6) is -3.00. The average molecular weight is 476 g/mol. The zero-order valence-electron chi connectivity index (χ0n) is 18.9. The Hall–Kier alpha value is -4.29.